The largest absolute Gasteiger partial charge is 0.463 e. The zero-order chi connectivity index (χ0) is 19.7. The first-order chi connectivity index (χ1) is 13.5. The molecule has 0 saturated heterocycles. The van der Waals surface area contributed by atoms with Gasteiger partial charge in [0.2, 0.25) is 18.5 Å². The van der Waals surface area contributed by atoms with E-state index < -0.39 is 6.86 Å². The molecule has 0 N–H and O–H groups in total. The highest BCUT2D eigenvalue weighted by Gasteiger charge is 2.17. The topological polar surface area (TPSA) is 96.7 Å². The van der Waals surface area contributed by atoms with Crippen molar-refractivity contribution in [1.29, 1.82) is 0 Å². The first kappa shape index (κ1) is 17.8. The van der Waals surface area contributed by atoms with Crippen LogP contribution in [0.1, 0.15) is 17.2 Å². The van der Waals surface area contributed by atoms with Gasteiger partial charge in [0.15, 0.2) is 0 Å². The molecule has 0 atom stereocenters. The van der Waals surface area contributed by atoms with Gasteiger partial charge in [0, 0.05) is 12.6 Å². The molecule has 0 saturated carbocycles. The molecule has 4 aromatic rings. The normalized spacial score (nSPS) is 11.1. The Bertz CT molecular complexity index is 1100. The minimum absolute atomic E-state index is 0.224. The smallest absolute Gasteiger partial charge is 0.297 e. The van der Waals surface area contributed by atoms with Crippen molar-refractivity contribution in [3.05, 3.63) is 47.5 Å². The molecule has 1 aromatic carbocycles. The molecule has 144 valence electrons. The van der Waals surface area contributed by atoms with Crippen LogP contribution < -0.4 is 4.74 Å². The summed E-state index contributed by atoms with van der Waals surface area (Å²) in [5.74, 6) is 2.12. The molecule has 0 bridgehead atoms. The fraction of sp³-hybridized carbons (Fsp3) is 0.278. The lowest BCUT2D eigenvalue weighted by molar-refractivity contribution is 0.192. The van der Waals surface area contributed by atoms with E-state index in [2.05, 4.69) is 25.3 Å². The zero-order valence-electron chi connectivity index (χ0n) is 15.6. The van der Waals surface area contributed by atoms with Crippen molar-refractivity contribution in [2.24, 2.45) is 7.05 Å². The van der Waals surface area contributed by atoms with Gasteiger partial charge in [-0.1, -0.05) is 5.16 Å². The lowest BCUT2D eigenvalue weighted by atomic mass is 10.2. The Kier molecular flexibility index (Phi) is 4.60. The van der Waals surface area contributed by atoms with Crippen molar-refractivity contribution in [3.63, 3.8) is 0 Å². The summed E-state index contributed by atoms with van der Waals surface area (Å²) in [5, 5.41) is 12.8. The summed E-state index contributed by atoms with van der Waals surface area (Å²) in [5.41, 5.74) is 2.67. The number of alkyl halides is 1. The molecule has 3 aromatic heterocycles. The van der Waals surface area contributed by atoms with Crippen LogP contribution in [0.3, 0.4) is 0 Å². The Morgan fingerprint density at radius 1 is 1.07 bits per heavy atom. The summed E-state index contributed by atoms with van der Waals surface area (Å²) >= 11 is 0. The van der Waals surface area contributed by atoms with Gasteiger partial charge in [-0.2, -0.15) is 10.1 Å². The standard InChI is InChI=1S/C18H18FN7O2/c1-11-8-14(25(3)22-11)9-26-12(2)20-17(23-26)18-21-16(24-28-18)13-4-6-15(7-5-13)27-10-19/h4-8H,9-10H2,1-3H3. The number of nitrogens with zero attached hydrogens (tertiary/aromatic N) is 7. The Hall–Kier alpha value is -3.56. The number of aromatic nitrogens is 7. The van der Waals surface area contributed by atoms with Crippen molar-refractivity contribution >= 4 is 0 Å². The van der Waals surface area contributed by atoms with Crippen molar-refractivity contribution in [1.82, 2.24) is 34.7 Å². The van der Waals surface area contributed by atoms with Gasteiger partial charge in [-0.05, 0) is 44.2 Å². The van der Waals surface area contributed by atoms with Crippen LogP contribution >= 0.6 is 0 Å². The predicted octanol–water partition coefficient (Wildman–Crippen LogP) is 2.70. The van der Waals surface area contributed by atoms with Crippen molar-refractivity contribution in [2.45, 2.75) is 20.4 Å². The number of hydrogen-bond donors (Lipinski definition) is 0. The van der Waals surface area contributed by atoms with Crippen molar-refractivity contribution in [2.75, 3.05) is 6.86 Å². The quantitative estimate of drug-likeness (QED) is 0.505. The number of hydrogen-bond acceptors (Lipinski definition) is 7. The molecule has 0 aliphatic carbocycles. The van der Waals surface area contributed by atoms with E-state index in [1.54, 1.807) is 28.9 Å². The van der Waals surface area contributed by atoms with E-state index in [9.17, 15) is 4.39 Å². The van der Waals surface area contributed by atoms with Gasteiger partial charge in [-0.15, -0.1) is 5.10 Å². The van der Waals surface area contributed by atoms with Crippen LogP contribution in [0.5, 0.6) is 5.75 Å². The van der Waals surface area contributed by atoms with Crippen LogP contribution in [0.15, 0.2) is 34.9 Å². The van der Waals surface area contributed by atoms with Gasteiger partial charge in [0.25, 0.3) is 5.89 Å². The Morgan fingerprint density at radius 3 is 2.54 bits per heavy atom. The molecule has 0 amide bonds. The molecule has 0 unspecified atom stereocenters. The fourth-order valence-electron chi connectivity index (χ4n) is 2.82. The lowest BCUT2D eigenvalue weighted by Crippen LogP contribution is -2.08. The second-order valence-electron chi connectivity index (χ2n) is 6.24. The molecule has 0 spiro atoms. The highest BCUT2D eigenvalue weighted by atomic mass is 19.1. The van der Waals surface area contributed by atoms with E-state index in [1.807, 2.05) is 31.6 Å². The maximum Gasteiger partial charge on any atom is 0.297 e. The fourth-order valence-corrected chi connectivity index (χ4v) is 2.82. The molecule has 0 radical (unpaired) electrons. The first-order valence-electron chi connectivity index (χ1n) is 8.57. The maximum absolute atomic E-state index is 12.2. The number of benzene rings is 1. The second-order valence-corrected chi connectivity index (χ2v) is 6.24. The van der Waals surface area contributed by atoms with E-state index in [-0.39, 0.29) is 5.89 Å². The number of rotatable bonds is 6. The van der Waals surface area contributed by atoms with Gasteiger partial charge in [-0.3, -0.25) is 4.68 Å². The average molecular weight is 383 g/mol. The summed E-state index contributed by atoms with van der Waals surface area (Å²) in [6, 6.07) is 8.72. The second kappa shape index (κ2) is 7.22. The first-order valence-corrected chi connectivity index (χ1v) is 8.57. The molecule has 0 fully saturated rings. The van der Waals surface area contributed by atoms with E-state index in [1.165, 1.54) is 0 Å². The molecule has 4 rings (SSSR count). The molecule has 3 heterocycles. The molecule has 0 aliphatic rings. The summed E-state index contributed by atoms with van der Waals surface area (Å²) in [6.45, 7) is 3.46. The molecular formula is C18H18FN7O2. The molecule has 9 nitrogen and oxygen atoms in total. The van der Waals surface area contributed by atoms with Crippen molar-refractivity contribution < 1.29 is 13.7 Å². The van der Waals surface area contributed by atoms with Gasteiger partial charge < -0.3 is 9.26 Å². The van der Waals surface area contributed by atoms with Crippen LogP contribution in [0.4, 0.5) is 4.39 Å². The third kappa shape index (κ3) is 3.48. The molecular weight excluding hydrogens is 365 g/mol. The zero-order valence-corrected chi connectivity index (χ0v) is 15.6. The highest BCUT2D eigenvalue weighted by Crippen LogP contribution is 2.23. The van der Waals surface area contributed by atoms with E-state index in [0.29, 0.717) is 29.5 Å². The minimum atomic E-state index is -0.877. The summed E-state index contributed by atoms with van der Waals surface area (Å²) in [7, 11) is 1.89. The minimum Gasteiger partial charge on any atom is -0.463 e. The van der Waals surface area contributed by atoms with Crippen LogP contribution in [0, 0.1) is 13.8 Å². The Labute approximate surface area is 159 Å². The van der Waals surface area contributed by atoms with E-state index in [4.69, 9.17) is 9.26 Å². The molecule has 0 aliphatic heterocycles. The van der Waals surface area contributed by atoms with Gasteiger partial charge in [-0.25, -0.2) is 14.1 Å². The monoisotopic (exact) mass is 383 g/mol. The number of aryl methyl sites for hydroxylation is 3. The number of halogens is 1. The van der Waals surface area contributed by atoms with Crippen molar-refractivity contribution in [3.8, 4) is 28.9 Å². The summed E-state index contributed by atoms with van der Waals surface area (Å²) in [6.07, 6.45) is 0. The van der Waals surface area contributed by atoms with Gasteiger partial charge in [0.1, 0.15) is 11.6 Å². The van der Waals surface area contributed by atoms with Crippen LogP contribution in [0.2, 0.25) is 0 Å². The molecule has 10 heteroatoms. The van der Waals surface area contributed by atoms with Crippen LogP contribution in [-0.2, 0) is 13.6 Å². The number of ether oxygens (including phenoxy) is 1. The highest BCUT2D eigenvalue weighted by molar-refractivity contribution is 5.57. The van der Waals surface area contributed by atoms with E-state index in [0.717, 1.165) is 17.2 Å². The third-order valence-corrected chi connectivity index (χ3v) is 4.22. The van der Waals surface area contributed by atoms with Crippen LogP contribution in [-0.4, -0.2) is 41.5 Å². The van der Waals surface area contributed by atoms with Gasteiger partial charge >= 0.3 is 0 Å². The maximum atomic E-state index is 12.2. The van der Waals surface area contributed by atoms with E-state index >= 15 is 0 Å². The summed E-state index contributed by atoms with van der Waals surface area (Å²) < 4.78 is 25.9. The third-order valence-electron chi connectivity index (χ3n) is 4.22. The average Bonchev–Trinajstić information content (AvgIpc) is 3.36. The molecule has 28 heavy (non-hydrogen) atoms. The van der Waals surface area contributed by atoms with Gasteiger partial charge in [0.05, 0.1) is 17.9 Å². The summed E-state index contributed by atoms with van der Waals surface area (Å²) in [4.78, 5) is 8.78. The van der Waals surface area contributed by atoms with Crippen LogP contribution in [0.25, 0.3) is 23.1 Å². The Balaban J connectivity index is 1.56. The predicted molar refractivity (Wildman–Crippen MR) is 97.1 cm³/mol. The lowest BCUT2D eigenvalue weighted by Gasteiger charge is -2.02. The SMILES string of the molecule is Cc1cc(Cn2nc(-c3nc(-c4ccc(OCF)cc4)no3)nc2C)n(C)n1. The Morgan fingerprint density at radius 2 is 1.86 bits per heavy atom.